The third-order valence-electron chi connectivity index (χ3n) is 3.50. The van der Waals surface area contributed by atoms with E-state index in [9.17, 15) is 22.8 Å². The van der Waals surface area contributed by atoms with Crippen LogP contribution in [0.3, 0.4) is 0 Å². The van der Waals surface area contributed by atoms with Crippen molar-refractivity contribution >= 4 is 11.9 Å². The number of carbonyl (C=O) groups excluding carboxylic acids is 2. The second-order valence-electron chi connectivity index (χ2n) is 4.58. The predicted octanol–water partition coefficient (Wildman–Crippen LogP) is 1.01. The first-order valence-corrected chi connectivity index (χ1v) is 5.39. The number of rotatable bonds is 1. The molecule has 4 nitrogen and oxygen atoms in total. The van der Waals surface area contributed by atoms with Crippen LogP contribution in [0.15, 0.2) is 0 Å². The first-order valence-electron chi connectivity index (χ1n) is 5.39. The summed E-state index contributed by atoms with van der Waals surface area (Å²) in [5.74, 6) is -4.00. The van der Waals surface area contributed by atoms with Gasteiger partial charge in [-0.1, -0.05) is 0 Å². The number of halogens is 3. The largest absolute Gasteiger partial charge is 0.491 e. The van der Waals surface area contributed by atoms with Crippen LogP contribution in [0.2, 0.25) is 0 Å². The van der Waals surface area contributed by atoms with E-state index in [1.54, 1.807) is 0 Å². The van der Waals surface area contributed by atoms with E-state index in [1.165, 1.54) is 0 Å². The van der Waals surface area contributed by atoms with Crippen molar-refractivity contribution in [3.63, 3.8) is 0 Å². The normalized spacial score (nSPS) is 26.6. The molecular formula is C10H12F3NO3. The van der Waals surface area contributed by atoms with Gasteiger partial charge in [-0.2, -0.15) is 13.2 Å². The van der Waals surface area contributed by atoms with Crippen LogP contribution in [0.4, 0.5) is 13.2 Å². The number of hydrogen-bond acceptors (Lipinski definition) is 4. The molecule has 2 rings (SSSR count). The highest BCUT2D eigenvalue weighted by molar-refractivity contribution is 5.91. The Kier molecular flexibility index (Phi) is 2.89. The zero-order valence-corrected chi connectivity index (χ0v) is 8.97. The quantitative estimate of drug-likeness (QED) is 0.558. The van der Waals surface area contributed by atoms with E-state index in [0.717, 1.165) is 25.9 Å². The molecule has 0 aromatic carbocycles. The minimum atomic E-state index is -5.11. The van der Waals surface area contributed by atoms with Crippen molar-refractivity contribution in [1.82, 2.24) is 5.32 Å². The lowest BCUT2D eigenvalue weighted by molar-refractivity contribution is -0.202. The minimum Gasteiger partial charge on any atom is -0.386 e. The van der Waals surface area contributed by atoms with Crippen LogP contribution in [-0.4, -0.2) is 31.2 Å². The molecule has 1 heterocycles. The Morgan fingerprint density at radius 3 is 2.35 bits per heavy atom. The molecule has 7 heteroatoms. The zero-order chi connectivity index (χ0) is 12.7. The van der Waals surface area contributed by atoms with Gasteiger partial charge in [0.2, 0.25) is 0 Å². The van der Waals surface area contributed by atoms with Gasteiger partial charge in [-0.05, 0) is 37.8 Å². The van der Waals surface area contributed by atoms with Crippen LogP contribution in [0.1, 0.15) is 19.3 Å². The first kappa shape index (κ1) is 12.3. The molecular weight excluding hydrogens is 239 g/mol. The van der Waals surface area contributed by atoms with Gasteiger partial charge in [0.25, 0.3) is 0 Å². The molecule has 96 valence electrons. The van der Waals surface area contributed by atoms with Crippen molar-refractivity contribution in [2.45, 2.75) is 25.4 Å². The maximum absolute atomic E-state index is 11.9. The SMILES string of the molecule is O=C(OC(=O)C(F)(F)F)[C@H]1CC12CCNCC2. The smallest absolute Gasteiger partial charge is 0.386 e. The number of piperidine rings is 1. The highest BCUT2D eigenvalue weighted by Gasteiger charge is 2.59. The molecule has 1 spiro atoms. The molecule has 0 radical (unpaired) electrons. The van der Waals surface area contributed by atoms with E-state index in [2.05, 4.69) is 10.1 Å². The van der Waals surface area contributed by atoms with Gasteiger partial charge in [0, 0.05) is 0 Å². The predicted molar refractivity (Wildman–Crippen MR) is 49.8 cm³/mol. The Bertz CT molecular complexity index is 347. The molecule has 1 atom stereocenters. The average Bonchev–Trinajstić information content (AvgIpc) is 2.92. The van der Waals surface area contributed by atoms with E-state index in [4.69, 9.17) is 0 Å². The molecule has 1 aliphatic carbocycles. The first-order chi connectivity index (χ1) is 7.85. The summed E-state index contributed by atoms with van der Waals surface area (Å²) in [6.45, 7) is 1.49. The summed E-state index contributed by atoms with van der Waals surface area (Å²) >= 11 is 0. The highest BCUT2D eigenvalue weighted by atomic mass is 19.4. The van der Waals surface area contributed by atoms with Gasteiger partial charge in [0.05, 0.1) is 5.92 Å². The second kappa shape index (κ2) is 3.97. The van der Waals surface area contributed by atoms with E-state index in [0.29, 0.717) is 6.42 Å². The third kappa shape index (κ3) is 2.43. The van der Waals surface area contributed by atoms with E-state index in [1.807, 2.05) is 0 Å². The number of nitrogens with one attached hydrogen (secondary N) is 1. The fourth-order valence-corrected chi connectivity index (χ4v) is 2.38. The fraction of sp³-hybridized carbons (Fsp3) is 0.800. The van der Waals surface area contributed by atoms with E-state index >= 15 is 0 Å². The van der Waals surface area contributed by atoms with Crippen LogP contribution in [0.5, 0.6) is 0 Å². The van der Waals surface area contributed by atoms with Gasteiger partial charge in [0.1, 0.15) is 0 Å². The molecule has 0 unspecified atom stereocenters. The Morgan fingerprint density at radius 1 is 1.24 bits per heavy atom. The average molecular weight is 251 g/mol. The minimum absolute atomic E-state index is 0.228. The fourth-order valence-electron chi connectivity index (χ4n) is 2.38. The van der Waals surface area contributed by atoms with Crippen LogP contribution in [-0.2, 0) is 14.3 Å². The Balaban J connectivity index is 1.89. The van der Waals surface area contributed by atoms with Gasteiger partial charge < -0.3 is 10.1 Å². The van der Waals surface area contributed by atoms with E-state index < -0.39 is 24.0 Å². The van der Waals surface area contributed by atoms with Crippen LogP contribution in [0, 0.1) is 11.3 Å². The zero-order valence-electron chi connectivity index (χ0n) is 8.97. The monoisotopic (exact) mass is 251 g/mol. The highest BCUT2D eigenvalue weighted by Crippen LogP contribution is 2.59. The number of hydrogen-bond donors (Lipinski definition) is 1. The van der Waals surface area contributed by atoms with Gasteiger partial charge in [-0.25, -0.2) is 4.79 Å². The van der Waals surface area contributed by atoms with Crippen molar-refractivity contribution in [2.24, 2.45) is 11.3 Å². The molecule has 0 aromatic heterocycles. The molecule has 1 saturated carbocycles. The molecule has 0 bridgehead atoms. The topological polar surface area (TPSA) is 55.4 Å². The van der Waals surface area contributed by atoms with Crippen molar-refractivity contribution in [3.05, 3.63) is 0 Å². The maximum atomic E-state index is 11.9. The third-order valence-corrected chi connectivity index (χ3v) is 3.50. The maximum Gasteiger partial charge on any atom is 0.491 e. The number of carbonyl (C=O) groups is 2. The number of esters is 2. The van der Waals surface area contributed by atoms with Crippen molar-refractivity contribution < 1.29 is 27.5 Å². The van der Waals surface area contributed by atoms with Gasteiger partial charge in [-0.15, -0.1) is 0 Å². The van der Waals surface area contributed by atoms with Gasteiger partial charge in [0.15, 0.2) is 0 Å². The lowest BCUT2D eigenvalue weighted by Gasteiger charge is -2.22. The molecule has 2 aliphatic rings. The summed E-state index contributed by atoms with van der Waals surface area (Å²) in [6.07, 6.45) is -3.09. The molecule has 0 aromatic rings. The van der Waals surface area contributed by atoms with Crippen molar-refractivity contribution in [1.29, 1.82) is 0 Å². The summed E-state index contributed by atoms with van der Waals surface area (Å²) in [6, 6.07) is 0. The lowest BCUT2D eigenvalue weighted by atomic mass is 9.92. The lowest BCUT2D eigenvalue weighted by Crippen LogP contribution is -2.33. The van der Waals surface area contributed by atoms with Crippen LogP contribution in [0.25, 0.3) is 0 Å². The van der Waals surface area contributed by atoms with Crippen LogP contribution >= 0.6 is 0 Å². The summed E-state index contributed by atoms with van der Waals surface area (Å²) < 4.78 is 39.5. The standard InChI is InChI=1S/C10H12F3NO3/c11-10(12,13)8(16)17-7(15)6-5-9(6)1-3-14-4-2-9/h6,14H,1-5H2/t6-/m1/s1. The Labute approximate surface area is 95.5 Å². The molecule has 17 heavy (non-hydrogen) atoms. The Morgan fingerprint density at radius 2 is 1.82 bits per heavy atom. The summed E-state index contributed by atoms with van der Waals surface area (Å²) in [4.78, 5) is 21.9. The Hall–Kier alpha value is -1.11. The van der Waals surface area contributed by atoms with E-state index in [-0.39, 0.29) is 5.41 Å². The number of alkyl halides is 3. The molecule has 0 amide bonds. The van der Waals surface area contributed by atoms with Crippen LogP contribution < -0.4 is 5.32 Å². The van der Waals surface area contributed by atoms with Gasteiger partial charge >= 0.3 is 18.1 Å². The molecule has 2 fully saturated rings. The molecule has 1 aliphatic heterocycles. The molecule has 1 N–H and O–H groups in total. The van der Waals surface area contributed by atoms with Crippen molar-refractivity contribution in [2.75, 3.05) is 13.1 Å². The summed E-state index contributed by atoms with van der Waals surface area (Å²) in [7, 11) is 0. The van der Waals surface area contributed by atoms with Gasteiger partial charge in [-0.3, -0.25) is 4.79 Å². The summed E-state index contributed by atoms with van der Waals surface area (Å²) in [5.41, 5.74) is -0.228. The molecule has 1 saturated heterocycles. The second-order valence-corrected chi connectivity index (χ2v) is 4.58. The van der Waals surface area contributed by atoms with Crippen molar-refractivity contribution in [3.8, 4) is 0 Å². The summed E-state index contributed by atoms with van der Waals surface area (Å²) in [5, 5.41) is 3.11. The number of ether oxygens (including phenoxy) is 1.